The molecule has 18 heavy (non-hydrogen) atoms. The third kappa shape index (κ3) is 2.27. The van der Waals surface area contributed by atoms with E-state index in [-0.39, 0.29) is 5.82 Å². The Hall–Kier alpha value is -2.11. The molecule has 0 aliphatic rings. The van der Waals surface area contributed by atoms with E-state index in [1.54, 1.807) is 25.1 Å². The van der Waals surface area contributed by atoms with Crippen molar-refractivity contribution in [1.29, 1.82) is 0 Å². The van der Waals surface area contributed by atoms with E-state index in [9.17, 15) is 9.50 Å². The molecule has 1 unspecified atom stereocenters. The fraction of sp³-hybridized carbons (Fsp3) is 0.125. The SMILES string of the molecule is C#CC(C)(O)c1ccccc1-c1ccc(F)cc1. The lowest BCUT2D eigenvalue weighted by Gasteiger charge is -2.20. The minimum atomic E-state index is -1.34. The van der Waals surface area contributed by atoms with Crippen LogP contribution in [0.4, 0.5) is 4.39 Å². The quantitative estimate of drug-likeness (QED) is 0.798. The average Bonchev–Trinajstić information content (AvgIpc) is 2.40. The van der Waals surface area contributed by atoms with Crippen molar-refractivity contribution in [3.63, 3.8) is 0 Å². The lowest BCUT2D eigenvalue weighted by atomic mass is 9.89. The molecule has 0 fully saturated rings. The second kappa shape index (κ2) is 4.64. The van der Waals surface area contributed by atoms with Gasteiger partial charge in [-0.25, -0.2) is 4.39 Å². The van der Waals surface area contributed by atoms with Crippen LogP contribution in [0.3, 0.4) is 0 Å². The van der Waals surface area contributed by atoms with Crippen molar-refractivity contribution in [1.82, 2.24) is 0 Å². The zero-order valence-electron chi connectivity index (χ0n) is 10.0. The summed E-state index contributed by atoms with van der Waals surface area (Å²) < 4.78 is 12.9. The lowest BCUT2D eigenvalue weighted by molar-refractivity contribution is 0.123. The van der Waals surface area contributed by atoms with E-state index in [1.165, 1.54) is 12.1 Å². The molecule has 1 nitrogen and oxygen atoms in total. The van der Waals surface area contributed by atoms with Gasteiger partial charge in [-0.05, 0) is 30.2 Å². The van der Waals surface area contributed by atoms with Crippen LogP contribution in [-0.2, 0) is 5.60 Å². The third-order valence-electron chi connectivity index (χ3n) is 2.89. The molecule has 0 spiro atoms. The van der Waals surface area contributed by atoms with E-state index in [4.69, 9.17) is 6.42 Å². The van der Waals surface area contributed by atoms with E-state index >= 15 is 0 Å². The fourth-order valence-electron chi connectivity index (χ4n) is 1.87. The predicted octanol–water partition coefficient (Wildman–Crippen LogP) is 3.33. The zero-order valence-corrected chi connectivity index (χ0v) is 10.0. The maximum Gasteiger partial charge on any atom is 0.148 e. The number of rotatable bonds is 2. The summed E-state index contributed by atoms with van der Waals surface area (Å²) in [6.45, 7) is 1.56. The maximum absolute atomic E-state index is 12.9. The van der Waals surface area contributed by atoms with Gasteiger partial charge in [-0.1, -0.05) is 42.3 Å². The van der Waals surface area contributed by atoms with Gasteiger partial charge in [0.15, 0.2) is 0 Å². The largest absolute Gasteiger partial charge is 0.374 e. The molecule has 0 bridgehead atoms. The van der Waals surface area contributed by atoms with Crippen molar-refractivity contribution >= 4 is 0 Å². The standard InChI is InChI=1S/C16H13FO/c1-3-16(2,18)15-7-5-4-6-14(15)12-8-10-13(17)11-9-12/h1,4-11,18H,2H3. The Morgan fingerprint density at radius 3 is 2.33 bits per heavy atom. The topological polar surface area (TPSA) is 20.2 Å². The first-order valence-electron chi connectivity index (χ1n) is 5.60. The van der Waals surface area contributed by atoms with Crippen LogP contribution in [0.15, 0.2) is 48.5 Å². The number of hydrogen-bond donors (Lipinski definition) is 1. The van der Waals surface area contributed by atoms with Crippen molar-refractivity contribution in [3.05, 3.63) is 59.9 Å². The predicted molar refractivity (Wildman–Crippen MR) is 70.2 cm³/mol. The molecule has 1 N–H and O–H groups in total. The summed E-state index contributed by atoms with van der Waals surface area (Å²) in [7, 11) is 0. The molecule has 0 aliphatic carbocycles. The van der Waals surface area contributed by atoms with E-state index < -0.39 is 5.60 Å². The van der Waals surface area contributed by atoms with Crippen molar-refractivity contribution in [2.24, 2.45) is 0 Å². The van der Waals surface area contributed by atoms with Gasteiger partial charge >= 0.3 is 0 Å². The molecule has 0 amide bonds. The molecule has 0 aromatic heterocycles. The van der Waals surface area contributed by atoms with Gasteiger partial charge in [0.2, 0.25) is 0 Å². The maximum atomic E-state index is 12.9. The molecule has 0 radical (unpaired) electrons. The minimum absolute atomic E-state index is 0.292. The Labute approximate surface area is 106 Å². The highest BCUT2D eigenvalue weighted by atomic mass is 19.1. The van der Waals surface area contributed by atoms with Crippen LogP contribution in [0.5, 0.6) is 0 Å². The highest BCUT2D eigenvalue weighted by molar-refractivity contribution is 5.69. The van der Waals surface area contributed by atoms with Gasteiger partial charge in [-0.15, -0.1) is 6.42 Å². The summed E-state index contributed by atoms with van der Waals surface area (Å²) in [6.07, 6.45) is 5.35. The highest BCUT2D eigenvalue weighted by Crippen LogP contribution is 2.31. The van der Waals surface area contributed by atoms with Crippen LogP contribution < -0.4 is 0 Å². The van der Waals surface area contributed by atoms with Crippen molar-refractivity contribution in [2.75, 3.05) is 0 Å². The second-order valence-electron chi connectivity index (χ2n) is 4.27. The fourth-order valence-corrected chi connectivity index (χ4v) is 1.87. The Morgan fingerprint density at radius 1 is 1.11 bits per heavy atom. The summed E-state index contributed by atoms with van der Waals surface area (Å²) in [4.78, 5) is 0. The summed E-state index contributed by atoms with van der Waals surface area (Å²) in [6, 6.07) is 13.4. The normalized spacial score (nSPS) is 13.7. The molecule has 0 saturated heterocycles. The molecule has 2 rings (SSSR count). The first-order chi connectivity index (χ1) is 8.54. The highest BCUT2D eigenvalue weighted by Gasteiger charge is 2.23. The van der Waals surface area contributed by atoms with Crippen LogP contribution in [0.25, 0.3) is 11.1 Å². The molecule has 0 heterocycles. The van der Waals surface area contributed by atoms with Crippen molar-refractivity contribution in [3.8, 4) is 23.5 Å². The summed E-state index contributed by atoms with van der Waals surface area (Å²) in [5.41, 5.74) is 0.924. The van der Waals surface area contributed by atoms with Crippen LogP contribution in [-0.4, -0.2) is 5.11 Å². The minimum Gasteiger partial charge on any atom is -0.374 e. The first-order valence-corrected chi connectivity index (χ1v) is 5.60. The molecule has 1 atom stereocenters. The Kier molecular flexibility index (Phi) is 3.18. The number of halogens is 1. The third-order valence-corrected chi connectivity index (χ3v) is 2.89. The van der Waals surface area contributed by atoms with Gasteiger partial charge in [-0.3, -0.25) is 0 Å². The molecular weight excluding hydrogens is 227 g/mol. The van der Waals surface area contributed by atoms with Crippen LogP contribution >= 0.6 is 0 Å². The Morgan fingerprint density at radius 2 is 1.72 bits per heavy atom. The second-order valence-corrected chi connectivity index (χ2v) is 4.27. The van der Waals surface area contributed by atoms with Gasteiger partial charge in [0.1, 0.15) is 11.4 Å². The summed E-state index contributed by atoms with van der Waals surface area (Å²) in [5, 5.41) is 10.2. The lowest BCUT2D eigenvalue weighted by Crippen LogP contribution is -2.19. The smallest absolute Gasteiger partial charge is 0.148 e. The van der Waals surface area contributed by atoms with Crippen LogP contribution in [0.2, 0.25) is 0 Å². The summed E-state index contributed by atoms with van der Waals surface area (Å²) >= 11 is 0. The number of hydrogen-bond acceptors (Lipinski definition) is 1. The Balaban J connectivity index is 2.59. The van der Waals surface area contributed by atoms with E-state index in [2.05, 4.69) is 5.92 Å². The van der Waals surface area contributed by atoms with Crippen LogP contribution in [0, 0.1) is 18.2 Å². The van der Waals surface area contributed by atoms with Crippen molar-refractivity contribution < 1.29 is 9.50 Å². The van der Waals surface area contributed by atoms with E-state index in [0.717, 1.165) is 11.1 Å². The van der Waals surface area contributed by atoms with Gasteiger partial charge in [0, 0.05) is 5.56 Å². The average molecular weight is 240 g/mol. The summed E-state index contributed by atoms with van der Waals surface area (Å²) in [5.74, 6) is 2.07. The number of benzene rings is 2. The van der Waals surface area contributed by atoms with Gasteiger partial charge < -0.3 is 5.11 Å². The zero-order chi connectivity index (χ0) is 13.2. The molecule has 2 aromatic carbocycles. The number of terminal acetylenes is 1. The van der Waals surface area contributed by atoms with Gasteiger partial charge in [0.25, 0.3) is 0 Å². The molecule has 2 aromatic rings. The monoisotopic (exact) mass is 240 g/mol. The number of aliphatic hydroxyl groups is 1. The molecule has 0 aliphatic heterocycles. The van der Waals surface area contributed by atoms with Gasteiger partial charge in [0.05, 0.1) is 0 Å². The molecular formula is C16H13FO. The van der Waals surface area contributed by atoms with E-state index in [1.807, 2.05) is 18.2 Å². The molecule has 90 valence electrons. The molecule has 0 saturated carbocycles. The van der Waals surface area contributed by atoms with Crippen molar-refractivity contribution in [2.45, 2.75) is 12.5 Å². The van der Waals surface area contributed by atoms with Gasteiger partial charge in [-0.2, -0.15) is 0 Å². The first kappa shape index (κ1) is 12.3. The Bertz CT molecular complexity index is 591. The van der Waals surface area contributed by atoms with Crippen LogP contribution in [0.1, 0.15) is 12.5 Å². The van der Waals surface area contributed by atoms with E-state index in [0.29, 0.717) is 5.56 Å². The molecule has 2 heteroatoms.